The number of para-hydroxylation sites is 3. The number of amides is 1. The number of anilines is 1. The lowest BCUT2D eigenvalue weighted by Gasteiger charge is -2.18. The summed E-state index contributed by atoms with van der Waals surface area (Å²) in [6.07, 6.45) is 1.30. The maximum atomic E-state index is 12.9. The summed E-state index contributed by atoms with van der Waals surface area (Å²) in [7, 11) is 0. The molecule has 0 radical (unpaired) electrons. The summed E-state index contributed by atoms with van der Waals surface area (Å²) in [5, 5.41) is 0.664. The summed E-state index contributed by atoms with van der Waals surface area (Å²) >= 11 is 6.04. The number of aryl methyl sites for hydroxylation is 1. The lowest BCUT2D eigenvalue weighted by molar-refractivity contribution is -0.117. The second-order valence-electron chi connectivity index (χ2n) is 9.39. The average molecular weight is 488 g/mol. The minimum atomic E-state index is 0.0353. The zero-order valence-corrected chi connectivity index (χ0v) is 20.9. The molecule has 6 heteroatoms. The molecule has 1 aromatic heterocycles. The van der Waals surface area contributed by atoms with Crippen molar-refractivity contribution < 1.29 is 9.53 Å². The molecule has 0 bridgehead atoms. The summed E-state index contributed by atoms with van der Waals surface area (Å²) in [5.74, 6) is 2.49. The van der Waals surface area contributed by atoms with E-state index in [1.165, 1.54) is 5.56 Å². The number of halogens is 1. The Morgan fingerprint density at radius 1 is 1.03 bits per heavy atom. The molecular formula is C29H30ClN3O2. The van der Waals surface area contributed by atoms with Gasteiger partial charge in [-0.15, -0.1) is 0 Å². The first kappa shape index (κ1) is 23.4. The summed E-state index contributed by atoms with van der Waals surface area (Å²) in [4.78, 5) is 19.7. The van der Waals surface area contributed by atoms with Crippen LogP contribution in [0.15, 0.2) is 72.8 Å². The topological polar surface area (TPSA) is 47.4 Å². The van der Waals surface area contributed by atoms with E-state index in [9.17, 15) is 4.79 Å². The van der Waals surface area contributed by atoms with Crippen molar-refractivity contribution in [2.45, 2.75) is 45.1 Å². The third kappa shape index (κ3) is 4.92. The van der Waals surface area contributed by atoms with E-state index in [2.05, 4.69) is 36.6 Å². The molecule has 5 nitrogen and oxygen atoms in total. The highest BCUT2D eigenvalue weighted by atomic mass is 35.5. The van der Waals surface area contributed by atoms with Gasteiger partial charge in [0.15, 0.2) is 0 Å². The number of rotatable bonds is 8. The Labute approximate surface area is 211 Å². The number of ether oxygens (including phenoxy) is 1. The maximum Gasteiger partial charge on any atom is 0.227 e. The number of hydrogen-bond donors (Lipinski definition) is 0. The molecule has 1 unspecified atom stereocenters. The van der Waals surface area contributed by atoms with Gasteiger partial charge >= 0.3 is 0 Å². The van der Waals surface area contributed by atoms with E-state index in [0.717, 1.165) is 41.3 Å². The molecule has 3 aromatic carbocycles. The second kappa shape index (κ2) is 10.1. The normalized spacial score (nSPS) is 15.9. The SMILES string of the molecule is CC(C)c1ccccc1OCCCn1c(C2CC(=O)N(c3ccc(Cl)cc3)C2)nc2ccccc21. The van der Waals surface area contributed by atoms with E-state index in [1.807, 2.05) is 59.5 Å². The maximum absolute atomic E-state index is 12.9. The predicted molar refractivity (Wildman–Crippen MR) is 142 cm³/mol. The van der Waals surface area contributed by atoms with Gasteiger partial charge < -0.3 is 14.2 Å². The zero-order valence-electron chi connectivity index (χ0n) is 20.2. The van der Waals surface area contributed by atoms with Crippen molar-refractivity contribution in [1.82, 2.24) is 9.55 Å². The first-order valence-electron chi connectivity index (χ1n) is 12.2. The van der Waals surface area contributed by atoms with Crippen molar-refractivity contribution in [3.63, 3.8) is 0 Å². The molecule has 0 saturated carbocycles. The van der Waals surface area contributed by atoms with E-state index < -0.39 is 0 Å². The predicted octanol–water partition coefficient (Wildman–Crippen LogP) is 6.80. The molecule has 35 heavy (non-hydrogen) atoms. The second-order valence-corrected chi connectivity index (χ2v) is 9.82. The van der Waals surface area contributed by atoms with Crippen LogP contribution < -0.4 is 9.64 Å². The van der Waals surface area contributed by atoms with Crippen molar-refractivity contribution in [2.75, 3.05) is 18.1 Å². The Bertz CT molecular complexity index is 1330. The Hall–Kier alpha value is -3.31. The molecule has 1 atom stereocenters. The van der Waals surface area contributed by atoms with E-state index in [1.54, 1.807) is 0 Å². The number of hydrogen-bond acceptors (Lipinski definition) is 3. The molecule has 180 valence electrons. The van der Waals surface area contributed by atoms with Gasteiger partial charge in [0.05, 0.1) is 17.6 Å². The molecule has 0 N–H and O–H groups in total. The Kier molecular flexibility index (Phi) is 6.78. The third-order valence-corrected chi connectivity index (χ3v) is 6.89. The first-order chi connectivity index (χ1) is 17.0. The van der Waals surface area contributed by atoms with Crippen LogP contribution in [-0.4, -0.2) is 28.6 Å². The van der Waals surface area contributed by atoms with Gasteiger partial charge in [-0.25, -0.2) is 4.98 Å². The van der Waals surface area contributed by atoms with Gasteiger partial charge in [-0.1, -0.05) is 55.8 Å². The molecule has 2 heterocycles. The Morgan fingerprint density at radius 3 is 2.57 bits per heavy atom. The smallest absolute Gasteiger partial charge is 0.227 e. The van der Waals surface area contributed by atoms with Crippen LogP contribution in [0.1, 0.15) is 49.9 Å². The minimum absolute atomic E-state index is 0.0353. The summed E-state index contributed by atoms with van der Waals surface area (Å²) in [6.45, 7) is 6.38. The van der Waals surface area contributed by atoms with Gasteiger partial charge in [0, 0.05) is 36.1 Å². The van der Waals surface area contributed by atoms with Crippen LogP contribution in [0, 0.1) is 0 Å². The number of imidazole rings is 1. The minimum Gasteiger partial charge on any atom is -0.493 e. The van der Waals surface area contributed by atoms with Gasteiger partial charge in [0.1, 0.15) is 11.6 Å². The molecule has 1 saturated heterocycles. The number of carbonyl (C=O) groups is 1. The zero-order chi connectivity index (χ0) is 24.4. The molecule has 0 spiro atoms. The van der Waals surface area contributed by atoms with Crippen LogP contribution in [-0.2, 0) is 11.3 Å². The van der Waals surface area contributed by atoms with Crippen molar-refractivity contribution in [1.29, 1.82) is 0 Å². The standard InChI is InChI=1S/C29H30ClN3O2/c1-20(2)24-8-3-6-11-27(24)35-17-7-16-32-26-10-5-4-9-25(26)31-29(32)21-18-28(34)33(19-21)23-14-12-22(30)13-15-23/h3-6,8-15,20-21H,7,16-19H2,1-2H3. The van der Waals surface area contributed by atoms with Crippen molar-refractivity contribution in [3.05, 3.63) is 89.2 Å². The van der Waals surface area contributed by atoms with E-state index in [-0.39, 0.29) is 11.8 Å². The highest BCUT2D eigenvalue weighted by molar-refractivity contribution is 6.30. The van der Waals surface area contributed by atoms with Crippen LogP contribution in [0.3, 0.4) is 0 Å². The number of fused-ring (bicyclic) bond motifs is 1. The van der Waals surface area contributed by atoms with E-state index in [4.69, 9.17) is 21.3 Å². The lowest BCUT2D eigenvalue weighted by atomic mass is 10.0. The highest BCUT2D eigenvalue weighted by Gasteiger charge is 2.34. The quantitative estimate of drug-likeness (QED) is 0.257. The van der Waals surface area contributed by atoms with Gasteiger partial charge in [-0.2, -0.15) is 0 Å². The van der Waals surface area contributed by atoms with E-state index in [0.29, 0.717) is 30.5 Å². The fourth-order valence-corrected chi connectivity index (χ4v) is 5.01. The molecule has 1 aliphatic rings. The van der Waals surface area contributed by atoms with Gasteiger partial charge in [-0.05, 0) is 60.4 Å². The number of aromatic nitrogens is 2. The fraction of sp³-hybridized carbons (Fsp3) is 0.310. The first-order valence-corrected chi connectivity index (χ1v) is 12.6. The Morgan fingerprint density at radius 2 is 1.77 bits per heavy atom. The van der Waals surface area contributed by atoms with Crippen molar-refractivity contribution in [3.8, 4) is 5.75 Å². The largest absolute Gasteiger partial charge is 0.493 e. The van der Waals surface area contributed by atoms with Gasteiger partial charge in [0.25, 0.3) is 0 Å². The summed E-state index contributed by atoms with van der Waals surface area (Å²) in [6, 6.07) is 23.9. The van der Waals surface area contributed by atoms with Crippen LogP contribution in [0.5, 0.6) is 5.75 Å². The monoisotopic (exact) mass is 487 g/mol. The van der Waals surface area contributed by atoms with Crippen molar-refractivity contribution >= 4 is 34.2 Å². The number of nitrogens with zero attached hydrogens (tertiary/aromatic N) is 3. The summed E-state index contributed by atoms with van der Waals surface area (Å²) < 4.78 is 8.44. The molecular weight excluding hydrogens is 458 g/mol. The van der Waals surface area contributed by atoms with Crippen LogP contribution in [0.25, 0.3) is 11.0 Å². The number of benzene rings is 3. The van der Waals surface area contributed by atoms with Crippen LogP contribution in [0.4, 0.5) is 5.69 Å². The Balaban J connectivity index is 1.34. The van der Waals surface area contributed by atoms with Gasteiger partial charge in [0.2, 0.25) is 5.91 Å². The molecule has 0 aliphatic carbocycles. The molecule has 1 aliphatic heterocycles. The third-order valence-electron chi connectivity index (χ3n) is 6.64. The summed E-state index contributed by atoms with van der Waals surface area (Å²) in [5.41, 5.74) is 4.17. The fourth-order valence-electron chi connectivity index (χ4n) is 4.89. The van der Waals surface area contributed by atoms with Crippen molar-refractivity contribution in [2.24, 2.45) is 0 Å². The lowest BCUT2D eigenvalue weighted by Crippen LogP contribution is -2.24. The highest BCUT2D eigenvalue weighted by Crippen LogP contribution is 2.34. The molecule has 4 aromatic rings. The molecule has 1 fully saturated rings. The average Bonchev–Trinajstić information content (AvgIpc) is 3.43. The molecule has 5 rings (SSSR count). The van der Waals surface area contributed by atoms with E-state index >= 15 is 0 Å². The van der Waals surface area contributed by atoms with Crippen LogP contribution >= 0.6 is 11.6 Å². The number of carbonyl (C=O) groups excluding carboxylic acids is 1. The molecule has 1 amide bonds. The van der Waals surface area contributed by atoms with Gasteiger partial charge in [-0.3, -0.25) is 4.79 Å². The van der Waals surface area contributed by atoms with Crippen LogP contribution in [0.2, 0.25) is 5.02 Å².